The van der Waals surface area contributed by atoms with Crippen molar-refractivity contribution in [3.8, 4) is 0 Å². The molecule has 0 spiro atoms. The predicted octanol–water partition coefficient (Wildman–Crippen LogP) is 2.78. The molecule has 0 bridgehead atoms. The summed E-state index contributed by atoms with van der Waals surface area (Å²) in [5.41, 5.74) is 2.56. The van der Waals surface area contributed by atoms with E-state index in [0.717, 1.165) is 45.8 Å². The van der Waals surface area contributed by atoms with Gasteiger partial charge in [0.25, 0.3) is 5.91 Å². The Kier molecular flexibility index (Phi) is 6.22. The van der Waals surface area contributed by atoms with E-state index in [1.165, 1.54) is 0 Å². The Bertz CT molecular complexity index is 895. The molecule has 3 heterocycles. The van der Waals surface area contributed by atoms with Gasteiger partial charge in [-0.25, -0.2) is 4.68 Å². The van der Waals surface area contributed by atoms with Crippen molar-refractivity contribution < 1.29 is 14.3 Å². The van der Waals surface area contributed by atoms with E-state index in [9.17, 15) is 9.59 Å². The van der Waals surface area contributed by atoms with Crippen molar-refractivity contribution in [3.05, 3.63) is 44.7 Å². The van der Waals surface area contributed by atoms with Crippen molar-refractivity contribution in [2.75, 3.05) is 18.5 Å². The summed E-state index contributed by atoms with van der Waals surface area (Å²) >= 11 is 3.91. The molecule has 0 saturated carbocycles. The summed E-state index contributed by atoms with van der Waals surface area (Å²) in [4.78, 5) is 25.2. The topological polar surface area (TPSA) is 85.2 Å². The number of anilines is 1. The molecule has 1 unspecified atom stereocenters. The summed E-state index contributed by atoms with van der Waals surface area (Å²) < 4.78 is 8.03. The number of halogens is 1. The summed E-state index contributed by atoms with van der Waals surface area (Å²) in [6.45, 7) is 1.35. The number of nitrogens with one attached hydrogen (secondary N) is 2. The van der Waals surface area contributed by atoms with Crippen LogP contribution in [0, 0.1) is 3.57 Å². The lowest BCUT2D eigenvalue weighted by atomic mass is 10.2. The maximum absolute atomic E-state index is 12.8. The highest BCUT2D eigenvalue weighted by Crippen LogP contribution is 2.35. The Balaban J connectivity index is 1.48. The second kappa shape index (κ2) is 8.83. The van der Waals surface area contributed by atoms with E-state index in [2.05, 4.69) is 38.3 Å². The molecule has 2 aliphatic rings. The van der Waals surface area contributed by atoms with Gasteiger partial charge in [0.05, 0.1) is 17.4 Å². The van der Waals surface area contributed by atoms with Gasteiger partial charge in [-0.2, -0.15) is 16.9 Å². The summed E-state index contributed by atoms with van der Waals surface area (Å²) in [6, 6.07) is 7.43. The van der Waals surface area contributed by atoms with Crippen molar-refractivity contribution in [2.45, 2.75) is 37.0 Å². The number of benzene rings is 1. The Hall–Kier alpha value is -1.59. The van der Waals surface area contributed by atoms with Crippen molar-refractivity contribution >= 4 is 52.0 Å². The smallest absolute Gasteiger partial charge is 0.257 e. The van der Waals surface area contributed by atoms with Crippen LogP contribution in [0.3, 0.4) is 0 Å². The monoisotopic (exact) mass is 512 g/mol. The first-order chi connectivity index (χ1) is 13.6. The lowest BCUT2D eigenvalue weighted by Crippen LogP contribution is -2.34. The van der Waals surface area contributed by atoms with Gasteiger partial charge in [-0.15, -0.1) is 0 Å². The molecule has 1 aromatic carbocycles. The minimum Gasteiger partial charge on any atom is -0.376 e. The number of ether oxygens (including phenoxy) is 1. The fourth-order valence-electron chi connectivity index (χ4n) is 3.37. The second-order valence-electron chi connectivity index (χ2n) is 6.80. The zero-order valence-corrected chi connectivity index (χ0v) is 18.2. The van der Waals surface area contributed by atoms with Gasteiger partial charge >= 0.3 is 0 Å². The lowest BCUT2D eigenvalue weighted by molar-refractivity contribution is -0.122. The first-order valence-corrected chi connectivity index (χ1v) is 11.5. The lowest BCUT2D eigenvalue weighted by Gasteiger charge is -2.13. The van der Waals surface area contributed by atoms with Gasteiger partial charge in [0.1, 0.15) is 12.4 Å². The van der Waals surface area contributed by atoms with E-state index in [1.807, 2.05) is 18.2 Å². The molecule has 2 aromatic rings. The van der Waals surface area contributed by atoms with E-state index in [4.69, 9.17) is 4.74 Å². The van der Waals surface area contributed by atoms with Gasteiger partial charge in [-0.3, -0.25) is 9.59 Å². The van der Waals surface area contributed by atoms with Crippen LogP contribution >= 0.6 is 34.4 Å². The molecule has 1 fully saturated rings. The Morgan fingerprint density at radius 1 is 1.32 bits per heavy atom. The van der Waals surface area contributed by atoms with Gasteiger partial charge in [0.15, 0.2) is 0 Å². The number of hydrogen-bond acceptors (Lipinski definition) is 5. The van der Waals surface area contributed by atoms with Crippen molar-refractivity contribution in [1.82, 2.24) is 15.1 Å². The third-order valence-corrected chi connectivity index (χ3v) is 6.72. The average Bonchev–Trinajstić information content (AvgIpc) is 3.40. The van der Waals surface area contributed by atoms with Crippen LogP contribution in [-0.2, 0) is 27.6 Å². The van der Waals surface area contributed by atoms with E-state index < -0.39 is 0 Å². The fraction of sp³-hybridized carbons (Fsp3) is 0.421. The van der Waals surface area contributed by atoms with E-state index >= 15 is 0 Å². The van der Waals surface area contributed by atoms with E-state index in [1.54, 1.807) is 22.5 Å². The number of rotatable bonds is 6. The normalized spacial score (nSPS) is 18.1. The van der Waals surface area contributed by atoms with Crippen LogP contribution in [0.2, 0.25) is 0 Å². The van der Waals surface area contributed by atoms with Crippen LogP contribution in [0.4, 0.5) is 5.82 Å². The molecule has 7 nitrogen and oxygen atoms in total. The fourth-order valence-corrected chi connectivity index (χ4v) is 5.03. The van der Waals surface area contributed by atoms with Crippen molar-refractivity contribution in [1.29, 1.82) is 0 Å². The van der Waals surface area contributed by atoms with Crippen molar-refractivity contribution in [3.63, 3.8) is 0 Å². The van der Waals surface area contributed by atoms with Crippen LogP contribution < -0.4 is 10.6 Å². The molecule has 9 heteroatoms. The largest absolute Gasteiger partial charge is 0.376 e. The van der Waals surface area contributed by atoms with Gasteiger partial charge < -0.3 is 15.4 Å². The van der Waals surface area contributed by atoms with E-state index in [-0.39, 0.29) is 24.5 Å². The molecular weight excluding hydrogens is 491 g/mol. The predicted molar refractivity (Wildman–Crippen MR) is 116 cm³/mol. The number of fused-ring (bicyclic) bond motifs is 1. The summed E-state index contributed by atoms with van der Waals surface area (Å²) in [5, 5.41) is 10.5. The zero-order chi connectivity index (χ0) is 19.5. The Morgan fingerprint density at radius 2 is 2.18 bits per heavy atom. The molecule has 4 rings (SSSR count). The quantitative estimate of drug-likeness (QED) is 0.582. The molecule has 2 aliphatic heterocycles. The third kappa shape index (κ3) is 4.36. The number of amides is 2. The molecule has 2 amide bonds. The average molecular weight is 512 g/mol. The van der Waals surface area contributed by atoms with Crippen molar-refractivity contribution in [2.24, 2.45) is 0 Å². The minimum atomic E-state index is -0.189. The van der Waals surface area contributed by atoms with Crippen LogP contribution in [0.1, 0.15) is 34.5 Å². The second-order valence-corrected chi connectivity index (χ2v) is 8.95. The number of aromatic nitrogens is 2. The standard InChI is InChI=1S/C19H21IN4O3S/c20-15-6-2-1-5-13(15)19(26)22-18-14-10-28-11-16(14)23-24(18)9-17(25)21-8-12-4-3-7-27-12/h1-2,5-6,12H,3-4,7-11H2,(H,21,25)(H,22,26). The summed E-state index contributed by atoms with van der Waals surface area (Å²) in [7, 11) is 0. The molecule has 1 aromatic heterocycles. The summed E-state index contributed by atoms with van der Waals surface area (Å²) in [6.07, 6.45) is 2.12. The molecule has 148 valence electrons. The van der Waals surface area contributed by atoms with Crippen LogP contribution in [0.15, 0.2) is 24.3 Å². The number of nitrogens with zero attached hydrogens (tertiary/aromatic N) is 2. The van der Waals surface area contributed by atoms with Gasteiger partial charge in [0, 0.05) is 33.8 Å². The highest BCUT2D eigenvalue weighted by atomic mass is 127. The van der Waals surface area contributed by atoms with Gasteiger partial charge in [0.2, 0.25) is 5.91 Å². The summed E-state index contributed by atoms with van der Waals surface area (Å²) in [5.74, 6) is 1.89. The Morgan fingerprint density at radius 3 is 2.96 bits per heavy atom. The number of thioether (sulfide) groups is 1. The molecule has 28 heavy (non-hydrogen) atoms. The third-order valence-electron chi connectivity index (χ3n) is 4.81. The first kappa shape index (κ1) is 19.7. The SMILES string of the molecule is O=C(Cn1nc2c(c1NC(=O)c1ccccc1I)CSC2)NCC1CCCO1. The number of carbonyl (C=O) groups is 2. The maximum Gasteiger partial charge on any atom is 0.257 e. The first-order valence-electron chi connectivity index (χ1n) is 9.22. The highest BCUT2D eigenvalue weighted by molar-refractivity contribution is 14.1. The van der Waals surface area contributed by atoms with Crippen LogP contribution in [-0.4, -0.2) is 40.9 Å². The maximum atomic E-state index is 12.8. The molecule has 1 saturated heterocycles. The highest BCUT2D eigenvalue weighted by Gasteiger charge is 2.26. The number of carbonyl (C=O) groups excluding carboxylic acids is 2. The minimum absolute atomic E-state index is 0.0753. The molecule has 0 radical (unpaired) electrons. The molecule has 0 aliphatic carbocycles. The molecular formula is C19H21IN4O3S. The van der Waals surface area contributed by atoms with Crippen LogP contribution in [0.5, 0.6) is 0 Å². The molecule has 1 atom stereocenters. The van der Waals surface area contributed by atoms with Gasteiger partial charge in [-0.05, 0) is 47.6 Å². The zero-order valence-electron chi connectivity index (χ0n) is 15.2. The van der Waals surface area contributed by atoms with Gasteiger partial charge in [-0.1, -0.05) is 12.1 Å². The molecule has 2 N–H and O–H groups in total. The Labute approximate surface area is 181 Å². The number of hydrogen-bond donors (Lipinski definition) is 2. The van der Waals surface area contributed by atoms with E-state index in [0.29, 0.717) is 17.9 Å². The van der Waals surface area contributed by atoms with Crippen LogP contribution in [0.25, 0.3) is 0 Å².